The molecule has 0 spiro atoms. The lowest BCUT2D eigenvalue weighted by molar-refractivity contribution is -0.127. The molecule has 6 heteroatoms. The van der Waals surface area contributed by atoms with Gasteiger partial charge in [-0.3, -0.25) is 4.79 Å². The van der Waals surface area contributed by atoms with E-state index in [2.05, 4.69) is 22.2 Å². The summed E-state index contributed by atoms with van der Waals surface area (Å²) < 4.78 is 0. The van der Waals surface area contributed by atoms with Crippen LogP contribution in [0.2, 0.25) is 0 Å². The molecule has 0 saturated heterocycles. The van der Waals surface area contributed by atoms with Gasteiger partial charge in [-0.05, 0) is 20.3 Å². The first-order valence-electron chi connectivity index (χ1n) is 7.02. The molecule has 0 atom stereocenters. The highest BCUT2D eigenvalue weighted by Crippen LogP contribution is 2.16. The summed E-state index contributed by atoms with van der Waals surface area (Å²) in [6.45, 7) is 7.91. The van der Waals surface area contributed by atoms with Gasteiger partial charge in [0.15, 0.2) is 0 Å². The summed E-state index contributed by atoms with van der Waals surface area (Å²) >= 11 is 0. The van der Waals surface area contributed by atoms with Gasteiger partial charge in [0.1, 0.15) is 17.5 Å². The summed E-state index contributed by atoms with van der Waals surface area (Å²) in [5.41, 5.74) is 0. The molecular weight excluding hydrogens is 254 g/mol. The van der Waals surface area contributed by atoms with Crippen LogP contribution in [0.3, 0.4) is 0 Å². The summed E-state index contributed by atoms with van der Waals surface area (Å²) in [6, 6.07) is 1.90. The maximum Gasteiger partial charge on any atom is 0.241 e. The van der Waals surface area contributed by atoms with Gasteiger partial charge in [-0.1, -0.05) is 6.92 Å². The minimum atomic E-state index is 0.0692. The minimum absolute atomic E-state index is 0.0692. The SMILES string of the molecule is CCCN(CC(=O)N(C)C)c1cc(NCC)nc(C)n1. The number of nitrogens with one attached hydrogen (secondary N) is 1. The minimum Gasteiger partial charge on any atom is -0.370 e. The average molecular weight is 279 g/mol. The first kappa shape index (κ1) is 16.2. The van der Waals surface area contributed by atoms with Crippen molar-refractivity contribution in [3.05, 3.63) is 11.9 Å². The molecule has 0 radical (unpaired) electrons. The lowest BCUT2D eigenvalue weighted by atomic mass is 10.3. The monoisotopic (exact) mass is 279 g/mol. The van der Waals surface area contributed by atoms with Gasteiger partial charge in [-0.15, -0.1) is 0 Å². The predicted molar refractivity (Wildman–Crippen MR) is 82.1 cm³/mol. The summed E-state index contributed by atoms with van der Waals surface area (Å²) in [4.78, 5) is 24.3. The van der Waals surface area contributed by atoms with Crippen molar-refractivity contribution in [1.82, 2.24) is 14.9 Å². The van der Waals surface area contributed by atoms with Crippen LogP contribution in [0.5, 0.6) is 0 Å². The Labute approximate surface area is 121 Å². The largest absolute Gasteiger partial charge is 0.370 e. The molecule has 1 heterocycles. The molecule has 0 unspecified atom stereocenters. The van der Waals surface area contributed by atoms with E-state index < -0.39 is 0 Å². The summed E-state index contributed by atoms with van der Waals surface area (Å²) in [6.07, 6.45) is 0.959. The fourth-order valence-electron chi connectivity index (χ4n) is 1.83. The fourth-order valence-corrected chi connectivity index (χ4v) is 1.83. The molecule has 0 bridgehead atoms. The molecule has 1 amide bonds. The van der Waals surface area contributed by atoms with Crippen LogP contribution in [0.4, 0.5) is 11.6 Å². The maximum absolute atomic E-state index is 11.9. The van der Waals surface area contributed by atoms with Crippen molar-refractivity contribution in [2.45, 2.75) is 27.2 Å². The van der Waals surface area contributed by atoms with E-state index in [0.29, 0.717) is 12.4 Å². The number of rotatable bonds is 7. The van der Waals surface area contributed by atoms with Crippen LogP contribution in [0.25, 0.3) is 0 Å². The number of anilines is 2. The first-order chi connectivity index (χ1) is 9.47. The summed E-state index contributed by atoms with van der Waals surface area (Å²) in [5.74, 6) is 2.37. The van der Waals surface area contributed by atoms with E-state index in [9.17, 15) is 4.79 Å². The molecule has 6 nitrogen and oxygen atoms in total. The Morgan fingerprint density at radius 2 is 2.00 bits per heavy atom. The van der Waals surface area contributed by atoms with E-state index in [1.165, 1.54) is 0 Å². The second kappa shape index (κ2) is 7.67. The highest BCUT2D eigenvalue weighted by atomic mass is 16.2. The number of nitrogens with zero attached hydrogens (tertiary/aromatic N) is 4. The van der Waals surface area contributed by atoms with Gasteiger partial charge >= 0.3 is 0 Å². The molecule has 1 aromatic rings. The van der Waals surface area contributed by atoms with E-state index in [0.717, 1.165) is 31.1 Å². The Hall–Kier alpha value is -1.85. The van der Waals surface area contributed by atoms with E-state index in [4.69, 9.17) is 0 Å². The lowest BCUT2D eigenvalue weighted by Crippen LogP contribution is -2.37. The molecule has 0 saturated carbocycles. The molecule has 0 aromatic carbocycles. The normalized spacial score (nSPS) is 10.2. The van der Waals surface area contributed by atoms with Crippen LogP contribution in [0, 0.1) is 6.92 Å². The Bertz CT molecular complexity index is 447. The van der Waals surface area contributed by atoms with E-state index in [-0.39, 0.29) is 5.91 Å². The van der Waals surface area contributed by atoms with Crippen LogP contribution in [-0.2, 0) is 4.79 Å². The quantitative estimate of drug-likeness (QED) is 0.820. The van der Waals surface area contributed by atoms with Gasteiger partial charge in [0, 0.05) is 33.3 Å². The van der Waals surface area contributed by atoms with Crippen molar-refractivity contribution in [1.29, 1.82) is 0 Å². The van der Waals surface area contributed by atoms with E-state index >= 15 is 0 Å². The van der Waals surface area contributed by atoms with Gasteiger partial charge in [-0.25, -0.2) is 9.97 Å². The van der Waals surface area contributed by atoms with Crippen LogP contribution in [-0.4, -0.2) is 54.5 Å². The Balaban J connectivity index is 2.98. The van der Waals surface area contributed by atoms with Crippen LogP contribution in [0.1, 0.15) is 26.1 Å². The van der Waals surface area contributed by atoms with Gasteiger partial charge in [0.25, 0.3) is 0 Å². The lowest BCUT2D eigenvalue weighted by Gasteiger charge is -2.24. The molecule has 0 fully saturated rings. The third kappa shape index (κ3) is 4.68. The second-order valence-electron chi connectivity index (χ2n) is 4.90. The first-order valence-corrected chi connectivity index (χ1v) is 7.02. The van der Waals surface area contributed by atoms with Crippen LogP contribution >= 0.6 is 0 Å². The summed E-state index contributed by atoms with van der Waals surface area (Å²) in [7, 11) is 3.53. The molecule has 1 rings (SSSR count). The zero-order valence-electron chi connectivity index (χ0n) is 13.1. The topological polar surface area (TPSA) is 61.4 Å². The number of aromatic nitrogens is 2. The molecule has 0 aliphatic heterocycles. The maximum atomic E-state index is 11.9. The zero-order chi connectivity index (χ0) is 15.1. The van der Waals surface area contributed by atoms with Crippen molar-refractivity contribution in [3.8, 4) is 0 Å². The van der Waals surface area contributed by atoms with Crippen molar-refractivity contribution in [2.75, 3.05) is 43.9 Å². The number of hydrogen-bond donors (Lipinski definition) is 1. The Morgan fingerprint density at radius 1 is 1.30 bits per heavy atom. The molecule has 20 heavy (non-hydrogen) atoms. The number of likely N-dealkylation sites (N-methyl/N-ethyl adjacent to an activating group) is 1. The summed E-state index contributed by atoms with van der Waals surface area (Å²) in [5, 5.41) is 3.19. The molecule has 0 aliphatic rings. The van der Waals surface area contributed by atoms with Crippen LogP contribution in [0.15, 0.2) is 6.07 Å². The van der Waals surface area contributed by atoms with E-state index in [1.807, 2.05) is 24.8 Å². The molecular formula is C14H25N5O. The molecule has 112 valence electrons. The smallest absolute Gasteiger partial charge is 0.241 e. The number of hydrogen-bond acceptors (Lipinski definition) is 5. The predicted octanol–water partition coefficient (Wildman–Crippen LogP) is 1.52. The standard InChI is InChI=1S/C14H25N5O/c1-6-8-19(10-14(20)18(4)5)13-9-12(15-7-2)16-11(3)17-13/h9H,6-8,10H2,1-5H3,(H,15,16,17). The van der Waals surface area contributed by atoms with Crippen LogP contribution < -0.4 is 10.2 Å². The van der Waals surface area contributed by atoms with E-state index in [1.54, 1.807) is 19.0 Å². The number of carbonyl (C=O) groups is 1. The number of amides is 1. The van der Waals surface area contributed by atoms with Crippen molar-refractivity contribution in [2.24, 2.45) is 0 Å². The average Bonchev–Trinajstić information content (AvgIpc) is 2.37. The van der Waals surface area contributed by atoms with Crippen molar-refractivity contribution in [3.63, 3.8) is 0 Å². The highest BCUT2D eigenvalue weighted by Gasteiger charge is 2.15. The second-order valence-corrected chi connectivity index (χ2v) is 4.90. The molecule has 1 N–H and O–H groups in total. The third-order valence-electron chi connectivity index (χ3n) is 2.82. The fraction of sp³-hybridized carbons (Fsp3) is 0.643. The zero-order valence-corrected chi connectivity index (χ0v) is 13.1. The highest BCUT2D eigenvalue weighted by molar-refractivity contribution is 5.80. The van der Waals surface area contributed by atoms with Crippen molar-refractivity contribution < 1.29 is 4.79 Å². The van der Waals surface area contributed by atoms with Gasteiger partial charge in [-0.2, -0.15) is 0 Å². The third-order valence-corrected chi connectivity index (χ3v) is 2.82. The molecule has 1 aromatic heterocycles. The van der Waals surface area contributed by atoms with Gasteiger partial charge in [0.05, 0.1) is 6.54 Å². The molecule has 0 aliphatic carbocycles. The number of aryl methyl sites for hydroxylation is 1. The Kier molecular flexibility index (Phi) is 6.21. The van der Waals surface area contributed by atoms with Crippen molar-refractivity contribution >= 4 is 17.5 Å². The Morgan fingerprint density at radius 3 is 2.55 bits per heavy atom. The van der Waals surface area contributed by atoms with Gasteiger partial charge in [0.2, 0.25) is 5.91 Å². The number of carbonyl (C=O) groups excluding carboxylic acids is 1. The van der Waals surface area contributed by atoms with Gasteiger partial charge < -0.3 is 15.1 Å².